The van der Waals surface area contributed by atoms with E-state index in [1.54, 1.807) is 0 Å². The van der Waals surface area contributed by atoms with Crippen LogP contribution in [0, 0.1) is 56.2 Å². The van der Waals surface area contributed by atoms with Gasteiger partial charge in [0.25, 0.3) is 0 Å². The first-order valence-electron chi connectivity index (χ1n) is 21.3. The van der Waals surface area contributed by atoms with E-state index in [4.69, 9.17) is 18.9 Å². The minimum Gasteiger partial charge on any atom is -0.396 e. The van der Waals surface area contributed by atoms with Gasteiger partial charge >= 0.3 is 0 Å². The summed E-state index contributed by atoms with van der Waals surface area (Å²) in [6, 6.07) is 0. The molecule has 2 heterocycles. The van der Waals surface area contributed by atoms with E-state index < -0.39 is 85.0 Å². The summed E-state index contributed by atoms with van der Waals surface area (Å²) in [6.45, 7) is 15.9. The highest BCUT2D eigenvalue weighted by atomic mass is 16.7. The molecular weight excluding hydrogens is 708 g/mol. The van der Waals surface area contributed by atoms with Gasteiger partial charge in [0.2, 0.25) is 0 Å². The Kier molecular flexibility index (Phi) is 9.98. The van der Waals surface area contributed by atoms with Crippen molar-refractivity contribution in [3.8, 4) is 0 Å². The number of aliphatic hydroxyl groups is 8. The topological polar surface area (TPSA) is 199 Å². The Hall–Kier alpha value is -0.740. The normalized spacial score (nSPS) is 59.7. The number of ether oxygens (including phenoxy) is 4. The molecule has 1 spiro atoms. The van der Waals surface area contributed by atoms with Gasteiger partial charge in [-0.1, -0.05) is 60.6 Å². The van der Waals surface area contributed by atoms with E-state index in [2.05, 4.69) is 53.7 Å². The van der Waals surface area contributed by atoms with Crippen molar-refractivity contribution in [2.75, 3.05) is 19.8 Å². The summed E-state index contributed by atoms with van der Waals surface area (Å²) in [5.74, 6) is 0.180. The fourth-order valence-electron chi connectivity index (χ4n) is 14.8. The quantitative estimate of drug-likeness (QED) is 0.184. The average molecular weight is 779 g/mol. The first-order valence-corrected chi connectivity index (χ1v) is 21.3. The number of allylic oxidation sites excluding steroid dienone is 1. The van der Waals surface area contributed by atoms with Crippen LogP contribution < -0.4 is 0 Å². The zero-order valence-corrected chi connectivity index (χ0v) is 34.0. The zero-order valence-electron chi connectivity index (χ0n) is 34.0. The Morgan fingerprint density at radius 2 is 1.49 bits per heavy atom. The van der Waals surface area contributed by atoms with Crippen LogP contribution in [-0.4, -0.2) is 134 Å². The van der Waals surface area contributed by atoms with Gasteiger partial charge in [0.05, 0.1) is 49.8 Å². The van der Waals surface area contributed by atoms with Gasteiger partial charge in [-0.2, -0.15) is 0 Å². The molecule has 8 N–H and O–H groups in total. The molecule has 0 aromatic rings. The molecule has 3 unspecified atom stereocenters. The monoisotopic (exact) mass is 778 g/mol. The van der Waals surface area contributed by atoms with E-state index in [1.165, 1.54) is 0 Å². The predicted octanol–water partition coefficient (Wildman–Crippen LogP) is 2.44. The lowest BCUT2D eigenvalue weighted by atomic mass is 9.32. The molecule has 55 heavy (non-hydrogen) atoms. The van der Waals surface area contributed by atoms with Crippen molar-refractivity contribution in [2.45, 2.75) is 179 Å². The molecule has 5 saturated carbocycles. The first kappa shape index (κ1) is 41.0. The third kappa shape index (κ3) is 5.45. The van der Waals surface area contributed by atoms with E-state index >= 15 is 0 Å². The summed E-state index contributed by atoms with van der Waals surface area (Å²) in [5.41, 5.74) is -1.70. The Bertz CT molecular complexity index is 1490. The van der Waals surface area contributed by atoms with Crippen LogP contribution in [0.15, 0.2) is 12.2 Å². The van der Waals surface area contributed by atoms with Gasteiger partial charge in [0.1, 0.15) is 36.6 Å². The molecule has 21 atom stereocenters. The molecule has 6 aliphatic carbocycles. The maximum absolute atomic E-state index is 12.1. The van der Waals surface area contributed by atoms with E-state index in [0.29, 0.717) is 19.4 Å². The first-order chi connectivity index (χ1) is 25.7. The molecule has 0 aromatic heterocycles. The van der Waals surface area contributed by atoms with E-state index in [-0.39, 0.29) is 57.4 Å². The van der Waals surface area contributed by atoms with Gasteiger partial charge in [-0.3, -0.25) is 0 Å². The average Bonchev–Trinajstić information content (AvgIpc) is 3.41. The van der Waals surface area contributed by atoms with Crippen LogP contribution in [0.25, 0.3) is 0 Å². The van der Waals surface area contributed by atoms with Gasteiger partial charge in [0.15, 0.2) is 6.29 Å². The van der Waals surface area contributed by atoms with Crippen LogP contribution in [0.2, 0.25) is 0 Å². The van der Waals surface area contributed by atoms with Crippen molar-refractivity contribution < 1.29 is 59.8 Å². The van der Waals surface area contributed by atoms with Crippen molar-refractivity contribution in [2.24, 2.45) is 56.2 Å². The van der Waals surface area contributed by atoms with Gasteiger partial charge in [-0.25, -0.2) is 0 Å². The zero-order chi connectivity index (χ0) is 39.9. The highest BCUT2D eigenvalue weighted by Crippen LogP contribution is 2.79. The summed E-state index contributed by atoms with van der Waals surface area (Å²) in [6.07, 6.45) is -0.489. The molecule has 314 valence electrons. The Labute approximate surface area is 326 Å². The molecule has 12 nitrogen and oxygen atoms in total. The molecule has 12 heteroatoms. The lowest BCUT2D eigenvalue weighted by Gasteiger charge is -2.73. The largest absolute Gasteiger partial charge is 0.396 e. The highest BCUT2D eigenvalue weighted by Gasteiger charge is 2.79. The van der Waals surface area contributed by atoms with Crippen molar-refractivity contribution in [1.82, 2.24) is 0 Å². The van der Waals surface area contributed by atoms with Crippen molar-refractivity contribution in [3.05, 3.63) is 12.2 Å². The minimum absolute atomic E-state index is 0.0970. The molecule has 0 radical (unpaired) electrons. The second-order valence-corrected chi connectivity index (χ2v) is 21.5. The lowest BCUT2D eigenvalue weighted by molar-refractivity contribution is -0.336. The fourth-order valence-corrected chi connectivity index (χ4v) is 14.8. The van der Waals surface area contributed by atoms with E-state index in [0.717, 1.165) is 44.9 Å². The summed E-state index contributed by atoms with van der Waals surface area (Å²) in [7, 11) is 0. The summed E-state index contributed by atoms with van der Waals surface area (Å²) in [4.78, 5) is 0. The van der Waals surface area contributed by atoms with Gasteiger partial charge in [-0.15, -0.1) is 0 Å². The second kappa shape index (κ2) is 13.4. The molecule has 2 bridgehead atoms. The summed E-state index contributed by atoms with van der Waals surface area (Å²) >= 11 is 0. The van der Waals surface area contributed by atoms with Crippen LogP contribution in [-0.2, 0) is 18.9 Å². The SMILES string of the molecule is C[C@H]1C[C@@H](O[C@H]2CC[C@@]3(C)[C@@H](CC[C@]4(C)[C@@H]3C=C[C@]35OC[C@@]6(CCC(C)(C)C[C@H]63)[C@@H](O)C[C@]54C)[C@]2(C)CO)[C@H](O)[C@@H](O[C@@H]2OC(CO)[C@@H](O)C(O)C2O)[C@H]1O. The Morgan fingerprint density at radius 1 is 0.764 bits per heavy atom. The highest BCUT2D eigenvalue weighted by molar-refractivity contribution is 5.36. The third-order valence-electron chi connectivity index (χ3n) is 18.4. The molecule has 8 rings (SSSR count). The molecule has 7 fully saturated rings. The van der Waals surface area contributed by atoms with Crippen LogP contribution in [0.5, 0.6) is 0 Å². The van der Waals surface area contributed by atoms with Crippen LogP contribution in [0.4, 0.5) is 0 Å². The van der Waals surface area contributed by atoms with Crippen molar-refractivity contribution in [3.63, 3.8) is 0 Å². The maximum Gasteiger partial charge on any atom is 0.187 e. The number of fused-ring (bicyclic) bond motifs is 4. The second-order valence-electron chi connectivity index (χ2n) is 21.5. The van der Waals surface area contributed by atoms with Crippen molar-refractivity contribution in [1.29, 1.82) is 0 Å². The third-order valence-corrected chi connectivity index (χ3v) is 18.4. The molecule has 2 saturated heterocycles. The summed E-state index contributed by atoms with van der Waals surface area (Å²) in [5, 5.41) is 87.4. The number of aliphatic hydroxyl groups excluding tert-OH is 8. The Morgan fingerprint density at radius 3 is 2.18 bits per heavy atom. The molecular formula is C43H70O12. The van der Waals surface area contributed by atoms with Crippen LogP contribution >= 0.6 is 0 Å². The number of rotatable bonds is 6. The molecule has 0 amide bonds. The summed E-state index contributed by atoms with van der Waals surface area (Å²) < 4.78 is 25.5. The molecule has 2 aliphatic heterocycles. The molecule has 8 aliphatic rings. The predicted molar refractivity (Wildman–Crippen MR) is 200 cm³/mol. The smallest absolute Gasteiger partial charge is 0.187 e. The van der Waals surface area contributed by atoms with Gasteiger partial charge in [-0.05, 0) is 91.8 Å². The molecule has 0 aromatic carbocycles. The van der Waals surface area contributed by atoms with Gasteiger partial charge < -0.3 is 59.8 Å². The Balaban J connectivity index is 1.05. The van der Waals surface area contributed by atoms with Gasteiger partial charge in [0, 0.05) is 22.2 Å². The standard InChI is InChI=1S/C43H70O12/c1-22-16-23(32(49)35(30(22)47)55-36-34(51)33(50)31(48)24(19-44)54-36)53-29-10-11-38(4)25(39(29,5)20-45)8-12-40(6)26(38)9-13-43-27-17-37(2,3)14-15-42(27,21-52-43)28(46)18-41(40,43)7/h9,13,22-36,44-51H,8,10-12,14-21H2,1-7H3/t22-,23+,24?,25+,26+,27+,28-,29-,30-,31+,32-,33?,34?,35-,36-,38-,39-,40+,41-,42+,43-/m0/s1. The lowest BCUT2D eigenvalue weighted by Crippen LogP contribution is -2.72. The van der Waals surface area contributed by atoms with Crippen molar-refractivity contribution >= 4 is 0 Å². The fraction of sp³-hybridized carbons (Fsp3) is 0.953. The van der Waals surface area contributed by atoms with E-state index in [9.17, 15) is 40.9 Å². The maximum atomic E-state index is 12.1. The van der Waals surface area contributed by atoms with E-state index in [1.807, 2.05) is 6.92 Å². The van der Waals surface area contributed by atoms with Crippen LogP contribution in [0.1, 0.15) is 106 Å². The number of hydrogen-bond donors (Lipinski definition) is 8. The number of hydrogen-bond acceptors (Lipinski definition) is 12. The van der Waals surface area contributed by atoms with Crippen LogP contribution in [0.3, 0.4) is 0 Å². The minimum atomic E-state index is -1.68.